The van der Waals surface area contributed by atoms with Gasteiger partial charge in [0.2, 0.25) is 0 Å². The maximum Gasteiger partial charge on any atom is 0.407 e. The third-order valence-electron chi connectivity index (χ3n) is 2.17. The van der Waals surface area contributed by atoms with Crippen LogP contribution in [0.15, 0.2) is 18.3 Å². The van der Waals surface area contributed by atoms with Crippen LogP contribution >= 0.6 is 11.6 Å². The lowest BCUT2D eigenvalue weighted by molar-refractivity contribution is 0.103. The van der Waals surface area contributed by atoms with E-state index in [0.717, 1.165) is 6.42 Å². The molecule has 0 saturated heterocycles. The van der Waals surface area contributed by atoms with Gasteiger partial charge < -0.3 is 15.4 Å². The average molecular weight is 258 g/mol. The Balaban J connectivity index is 2.42. The number of halogens is 1. The molecule has 1 amide bonds. The van der Waals surface area contributed by atoms with E-state index in [-0.39, 0.29) is 6.10 Å². The topological polar surface area (TPSA) is 63.3 Å². The largest absolute Gasteiger partial charge is 0.444 e. The summed E-state index contributed by atoms with van der Waals surface area (Å²) in [5.41, 5.74) is 0. The molecule has 94 valence electrons. The van der Waals surface area contributed by atoms with Gasteiger partial charge >= 0.3 is 6.09 Å². The number of anilines is 1. The van der Waals surface area contributed by atoms with Crippen molar-refractivity contribution in [3.05, 3.63) is 23.4 Å². The molecule has 0 fully saturated rings. The van der Waals surface area contributed by atoms with Crippen LogP contribution in [0.25, 0.3) is 0 Å². The fraction of sp³-hybridized carbons (Fsp3) is 0.455. The third kappa shape index (κ3) is 4.91. The molecule has 0 aliphatic heterocycles. The number of carbonyl (C=O) groups is 1. The Labute approximate surface area is 106 Å². The molecule has 0 spiro atoms. The molecule has 0 radical (unpaired) electrons. The molecule has 1 rings (SSSR count). The summed E-state index contributed by atoms with van der Waals surface area (Å²) in [5, 5.41) is 6.08. The van der Waals surface area contributed by atoms with Gasteiger partial charge in [0.25, 0.3) is 0 Å². The van der Waals surface area contributed by atoms with Gasteiger partial charge in [0.1, 0.15) is 11.9 Å². The van der Waals surface area contributed by atoms with Crippen molar-refractivity contribution in [2.45, 2.75) is 19.4 Å². The number of aromatic nitrogens is 1. The molecule has 0 saturated carbocycles. The highest BCUT2D eigenvalue weighted by Crippen LogP contribution is 2.10. The van der Waals surface area contributed by atoms with Gasteiger partial charge in [0.05, 0.1) is 11.6 Å². The van der Waals surface area contributed by atoms with E-state index in [1.165, 1.54) is 7.05 Å². The number of carbonyl (C=O) groups excluding carboxylic acids is 1. The molecule has 6 heteroatoms. The van der Waals surface area contributed by atoms with Crippen LogP contribution in [0.3, 0.4) is 0 Å². The van der Waals surface area contributed by atoms with Gasteiger partial charge in [0.15, 0.2) is 0 Å². The SMILES string of the molecule is CCC(CNc1ccc(Cl)cn1)OC(=O)NC. The number of nitrogens with one attached hydrogen (secondary N) is 2. The zero-order valence-corrected chi connectivity index (χ0v) is 10.6. The van der Waals surface area contributed by atoms with Crippen molar-refractivity contribution in [3.63, 3.8) is 0 Å². The Hall–Kier alpha value is -1.49. The normalized spacial score (nSPS) is 11.7. The summed E-state index contributed by atoms with van der Waals surface area (Å²) in [6.45, 7) is 2.46. The molecule has 0 bridgehead atoms. The lowest BCUT2D eigenvalue weighted by Gasteiger charge is -2.16. The molecule has 1 heterocycles. The van der Waals surface area contributed by atoms with E-state index in [2.05, 4.69) is 15.6 Å². The van der Waals surface area contributed by atoms with Gasteiger partial charge in [-0.05, 0) is 18.6 Å². The van der Waals surface area contributed by atoms with Crippen molar-refractivity contribution in [3.8, 4) is 0 Å². The fourth-order valence-corrected chi connectivity index (χ4v) is 1.29. The van der Waals surface area contributed by atoms with E-state index in [9.17, 15) is 4.79 Å². The van der Waals surface area contributed by atoms with Gasteiger partial charge in [-0.15, -0.1) is 0 Å². The average Bonchev–Trinajstić information content (AvgIpc) is 2.36. The fourth-order valence-electron chi connectivity index (χ4n) is 1.18. The predicted molar refractivity (Wildman–Crippen MR) is 67.4 cm³/mol. The summed E-state index contributed by atoms with van der Waals surface area (Å²) in [6.07, 6.45) is 1.67. The van der Waals surface area contributed by atoms with E-state index in [1.54, 1.807) is 18.3 Å². The summed E-state index contributed by atoms with van der Waals surface area (Å²) in [5.74, 6) is 0.702. The second-order valence-corrected chi connectivity index (χ2v) is 3.86. The highest BCUT2D eigenvalue weighted by Gasteiger charge is 2.10. The predicted octanol–water partition coefficient (Wildman–Crippen LogP) is 2.28. The number of hydrogen-bond acceptors (Lipinski definition) is 4. The first kappa shape index (κ1) is 13.6. The van der Waals surface area contributed by atoms with Gasteiger partial charge in [-0.2, -0.15) is 0 Å². The number of pyridine rings is 1. The lowest BCUT2D eigenvalue weighted by Crippen LogP contribution is -2.30. The molecule has 1 aromatic rings. The van der Waals surface area contributed by atoms with Crippen LogP contribution in [0.2, 0.25) is 5.02 Å². The minimum atomic E-state index is -0.428. The Morgan fingerprint density at radius 3 is 2.88 bits per heavy atom. The van der Waals surface area contributed by atoms with E-state index < -0.39 is 6.09 Å². The van der Waals surface area contributed by atoms with Crippen molar-refractivity contribution in [2.75, 3.05) is 18.9 Å². The molecule has 0 aliphatic rings. The van der Waals surface area contributed by atoms with E-state index in [1.807, 2.05) is 6.92 Å². The van der Waals surface area contributed by atoms with E-state index in [0.29, 0.717) is 17.4 Å². The van der Waals surface area contributed by atoms with Gasteiger partial charge in [-0.25, -0.2) is 9.78 Å². The molecule has 1 atom stereocenters. The summed E-state index contributed by atoms with van der Waals surface area (Å²) in [7, 11) is 1.53. The van der Waals surface area contributed by atoms with Crippen molar-refractivity contribution in [1.82, 2.24) is 10.3 Å². The van der Waals surface area contributed by atoms with Crippen LogP contribution in [-0.4, -0.2) is 30.8 Å². The summed E-state index contributed by atoms with van der Waals surface area (Å²) >= 11 is 5.72. The van der Waals surface area contributed by atoms with Crippen molar-refractivity contribution in [2.24, 2.45) is 0 Å². The highest BCUT2D eigenvalue weighted by atomic mass is 35.5. The van der Waals surface area contributed by atoms with Crippen LogP contribution < -0.4 is 10.6 Å². The standard InChI is InChI=1S/C11H16ClN3O2/c1-3-9(17-11(16)13-2)7-15-10-5-4-8(12)6-14-10/h4-6,9H,3,7H2,1-2H3,(H,13,16)(H,14,15). The Kier molecular flexibility index (Phi) is 5.56. The van der Waals surface area contributed by atoms with Crippen LogP contribution in [0, 0.1) is 0 Å². The van der Waals surface area contributed by atoms with Crippen LogP contribution in [-0.2, 0) is 4.74 Å². The second-order valence-electron chi connectivity index (χ2n) is 3.43. The molecule has 0 aromatic carbocycles. The summed E-state index contributed by atoms with van der Waals surface area (Å²) in [6, 6.07) is 3.52. The molecule has 0 aliphatic carbocycles. The first-order valence-electron chi connectivity index (χ1n) is 5.39. The number of hydrogen-bond donors (Lipinski definition) is 2. The van der Waals surface area contributed by atoms with Crippen LogP contribution in [0.4, 0.5) is 10.6 Å². The number of rotatable bonds is 5. The van der Waals surface area contributed by atoms with Crippen molar-refractivity contribution < 1.29 is 9.53 Å². The number of alkyl carbamates (subject to hydrolysis) is 1. The maximum absolute atomic E-state index is 11.0. The summed E-state index contributed by atoms with van der Waals surface area (Å²) < 4.78 is 5.13. The van der Waals surface area contributed by atoms with Crippen LogP contribution in [0.1, 0.15) is 13.3 Å². The quantitative estimate of drug-likeness (QED) is 0.850. The highest BCUT2D eigenvalue weighted by molar-refractivity contribution is 6.30. The first-order chi connectivity index (χ1) is 8.15. The second kappa shape index (κ2) is 6.96. The number of amides is 1. The zero-order valence-electron chi connectivity index (χ0n) is 9.87. The van der Waals surface area contributed by atoms with Gasteiger partial charge in [-0.1, -0.05) is 18.5 Å². The smallest absolute Gasteiger partial charge is 0.407 e. The van der Waals surface area contributed by atoms with Crippen LogP contribution in [0.5, 0.6) is 0 Å². The Morgan fingerprint density at radius 2 is 2.35 bits per heavy atom. The molecular formula is C11H16ClN3O2. The number of ether oxygens (including phenoxy) is 1. The van der Waals surface area contributed by atoms with Crippen molar-refractivity contribution >= 4 is 23.5 Å². The van der Waals surface area contributed by atoms with E-state index in [4.69, 9.17) is 16.3 Å². The Bertz CT molecular complexity index is 356. The molecule has 1 aromatic heterocycles. The molecule has 2 N–H and O–H groups in total. The summed E-state index contributed by atoms with van der Waals surface area (Å²) in [4.78, 5) is 15.1. The van der Waals surface area contributed by atoms with Gasteiger partial charge in [0, 0.05) is 13.2 Å². The maximum atomic E-state index is 11.0. The van der Waals surface area contributed by atoms with Gasteiger partial charge in [-0.3, -0.25) is 0 Å². The third-order valence-corrected chi connectivity index (χ3v) is 2.39. The molecule has 17 heavy (non-hydrogen) atoms. The van der Waals surface area contributed by atoms with Crippen molar-refractivity contribution in [1.29, 1.82) is 0 Å². The first-order valence-corrected chi connectivity index (χ1v) is 5.77. The zero-order chi connectivity index (χ0) is 12.7. The minimum Gasteiger partial charge on any atom is -0.444 e. The van der Waals surface area contributed by atoms with E-state index >= 15 is 0 Å². The monoisotopic (exact) mass is 257 g/mol. The number of nitrogens with zero attached hydrogens (tertiary/aromatic N) is 1. The lowest BCUT2D eigenvalue weighted by atomic mass is 10.3. The molecular weight excluding hydrogens is 242 g/mol. The Morgan fingerprint density at radius 1 is 1.59 bits per heavy atom. The molecule has 1 unspecified atom stereocenters. The molecule has 5 nitrogen and oxygen atoms in total. The minimum absolute atomic E-state index is 0.188.